The van der Waals surface area contributed by atoms with E-state index in [4.69, 9.17) is 5.73 Å². The predicted octanol–water partition coefficient (Wildman–Crippen LogP) is 2.32. The van der Waals surface area contributed by atoms with Gasteiger partial charge in [0.05, 0.1) is 6.04 Å². The van der Waals surface area contributed by atoms with Gasteiger partial charge in [0.2, 0.25) is 5.91 Å². The van der Waals surface area contributed by atoms with Crippen LogP contribution in [0.15, 0.2) is 54.6 Å². The summed E-state index contributed by atoms with van der Waals surface area (Å²) in [5.74, 6) is -0.434. The highest BCUT2D eigenvalue weighted by Gasteiger charge is 2.15. The maximum Gasteiger partial charge on any atom is 0.315 e. The van der Waals surface area contributed by atoms with Crippen LogP contribution in [0.2, 0.25) is 0 Å². The van der Waals surface area contributed by atoms with E-state index in [9.17, 15) is 9.59 Å². The van der Waals surface area contributed by atoms with E-state index in [0.717, 1.165) is 17.5 Å². The van der Waals surface area contributed by atoms with Crippen LogP contribution < -0.4 is 16.4 Å². The Kier molecular flexibility index (Phi) is 7.37. The third-order valence-electron chi connectivity index (χ3n) is 4.59. The van der Waals surface area contributed by atoms with Gasteiger partial charge in [0.25, 0.3) is 0 Å². The lowest BCUT2D eigenvalue weighted by Gasteiger charge is -2.25. The molecule has 0 spiro atoms. The lowest BCUT2D eigenvalue weighted by molar-refractivity contribution is 0.1000. The van der Waals surface area contributed by atoms with E-state index in [1.165, 1.54) is 0 Å². The molecule has 0 saturated heterocycles. The van der Waals surface area contributed by atoms with Crippen molar-refractivity contribution in [2.75, 3.05) is 20.6 Å². The summed E-state index contributed by atoms with van der Waals surface area (Å²) in [4.78, 5) is 25.5. The van der Waals surface area contributed by atoms with E-state index in [1.807, 2.05) is 63.5 Å². The number of carbonyl (C=O) groups excluding carboxylic acids is 2. The number of hydrogen-bond acceptors (Lipinski definition) is 3. The largest absolute Gasteiger partial charge is 0.366 e. The molecule has 144 valence electrons. The summed E-state index contributed by atoms with van der Waals surface area (Å²) in [6.45, 7) is 2.47. The van der Waals surface area contributed by atoms with Crippen molar-refractivity contribution in [2.24, 2.45) is 5.73 Å². The quantitative estimate of drug-likeness (QED) is 0.668. The van der Waals surface area contributed by atoms with Crippen LogP contribution in [0.3, 0.4) is 0 Å². The van der Waals surface area contributed by atoms with Crippen molar-refractivity contribution in [1.82, 2.24) is 15.5 Å². The molecule has 0 aliphatic carbocycles. The van der Waals surface area contributed by atoms with Gasteiger partial charge in [0.15, 0.2) is 0 Å². The first-order chi connectivity index (χ1) is 12.9. The Balaban J connectivity index is 1.88. The molecule has 0 radical (unpaired) electrons. The predicted molar refractivity (Wildman–Crippen MR) is 108 cm³/mol. The van der Waals surface area contributed by atoms with Crippen LogP contribution in [0, 0.1) is 0 Å². The molecule has 2 aromatic carbocycles. The minimum atomic E-state index is -0.434. The van der Waals surface area contributed by atoms with Crippen molar-refractivity contribution in [3.8, 4) is 0 Å². The molecule has 0 fully saturated rings. The molecule has 0 aromatic heterocycles. The van der Waals surface area contributed by atoms with Gasteiger partial charge in [-0.3, -0.25) is 4.79 Å². The van der Waals surface area contributed by atoms with Gasteiger partial charge in [-0.1, -0.05) is 42.5 Å². The topological polar surface area (TPSA) is 87.5 Å². The average molecular weight is 368 g/mol. The summed E-state index contributed by atoms with van der Waals surface area (Å²) in [5.41, 5.74) is 7.91. The maximum absolute atomic E-state index is 12.2. The second-order valence-corrected chi connectivity index (χ2v) is 6.87. The van der Waals surface area contributed by atoms with Crippen LogP contribution in [-0.4, -0.2) is 43.5 Å². The van der Waals surface area contributed by atoms with Crippen LogP contribution in [0.5, 0.6) is 0 Å². The van der Waals surface area contributed by atoms with Crippen LogP contribution >= 0.6 is 0 Å². The highest BCUT2D eigenvalue weighted by atomic mass is 16.2. The standard InChI is InChI=1S/C21H28N4O2/c1-15(17-7-5-4-6-8-17)24-21(27)23-14-19(25(2)3)13-16-9-11-18(12-10-16)20(22)26/h4-12,15,19H,13-14H2,1-3H3,(H2,22,26)(H2,23,24,27)/t15-,19-/m0/s1. The van der Waals surface area contributed by atoms with Gasteiger partial charge in [-0.15, -0.1) is 0 Å². The molecule has 0 bridgehead atoms. The summed E-state index contributed by atoms with van der Waals surface area (Å²) < 4.78 is 0. The number of primary amides is 1. The van der Waals surface area contributed by atoms with Gasteiger partial charge in [-0.05, 0) is 50.7 Å². The van der Waals surface area contributed by atoms with E-state index in [2.05, 4.69) is 15.5 Å². The minimum absolute atomic E-state index is 0.0645. The summed E-state index contributed by atoms with van der Waals surface area (Å²) in [6.07, 6.45) is 0.751. The minimum Gasteiger partial charge on any atom is -0.366 e. The fourth-order valence-electron chi connectivity index (χ4n) is 2.80. The smallest absolute Gasteiger partial charge is 0.315 e. The molecular weight excluding hydrogens is 340 g/mol. The molecule has 0 aliphatic heterocycles. The lowest BCUT2D eigenvalue weighted by atomic mass is 10.0. The number of likely N-dealkylation sites (N-methyl/N-ethyl adjacent to an activating group) is 1. The monoisotopic (exact) mass is 368 g/mol. The Morgan fingerprint density at radius 3 is 2.22 bits per heavy atom. The maximum atomic E-state index is 12.2. The molecule has 6 nitrogen and oxygen atoms in total. The highest BCUT2D eigenvalue weighted by Crippen LogP contribution is 2.11. The molecule has 0 unspecified atom stereocenters. The number of nitrogens with two attached hydrogens (primary N) is 1. The Morgan fingerprint density at radius 2 is 1.67 bits per heavy atom. The van der Waals surface area contributed by atoms with E-state index < -0.39 is 5.91 Å². The molecule has 2 aromatic rings. The third kappa shape index (κ3) is 6.42. The highest BCUT2D eigenvalue weighted by molar-refractivity contribution is 5.92. The number of amides is 3. The average Bonchev–Trinajstić information content (AvgIpc) is 2.65. The third-order valence-corrected chi connectivity index (χ3v) is 4.59. The second-order valence-electron chi connectivity index (χ2n) is 6.87. The molecule has 0 saturated carbocycles. The molecule has 3 amide bonds. The molecule has 4 N–H and O–H groups in total. The molecule has 27 heavy (non-hydrogen) atoms. The molecule has 6 heteroatoms. The first-order valence-electron chi connectivity index (χ1n) is 9.01. The molecule has 0 heterocycles. The molecule has 2 atom stereocenters. The fraction of sp³-hybridized carbons (Fsp3) is 0.333. The normalized spacial score (nSPS) is 13.0. The van der Waals surface area contributed by atoms with Gasteiger partial charge in [-0.25, -0.2) is 4.79 Å². The number of hydrogen-bond donors (Lipinski definition) is 3. The van der Waals surface area contributed by atoms with Gasteiger partial charge in [0.1, 0.15) is 0 Å². The molecule has 0 aliphatic rings. The number of rotatable bonds is 8. The number of benzene rings is 2. The zero-order valence-electron chi connectivity index (χ0n) is 16.1. The van der Waals surface area contributed by atoms with Crippen molar-refractivity contribution >= 4 is 11.9 Å². The Hall–Kier alpha value is -2.86. The SMILES string of the molecule is C[C@H](NC(=O)NC[C@H](Cc1ccc(C(N)=O)cc1)N(C)C)c1ccccc1. The Morgan fingerprint density at radius 1 is 1.04 bits per heavy atom. The van der Waals surface area contributed by atoms with Crippen molar-refractivity contribution in [2.45, 2.75) is 25.4 Å². The summed E-state index contributed by atoms with van der Waals surface area (Å²) in [5, 5.41) is 5.90. The zero-order valence-corrected chi connectivity index (χ0v) is 16.1. The van der Waals surface area contributed by atoms with E-state index in [0.29, 0.717) is 12.1 Å². The van der Waals surface area contributed by atoms with Crippen molar-refractivity contribution < 1.29 is 9.59 Å². The van der Waals surface area contributed by atoms with Crippen LogP contribution in [0.25, 0.3) is 0 Å². The lowest BCUT2D eigenvalue weighted by Crippen LogP contribution is -2.45. The Bertz CT molecular complexity index is 745. The van der Waals surface area contributed by atoms with Crippen LogP contribution in [0.4, 0.5) is 4.79 Å². The van der Waals surface area contributed by atoms with Gasteiger partial charge >= 0.3 is 6.03 Å². The number of urea groups is 1. The van der Waals surface area contributed by atoms with Crippen molar-refractivity contribution in [3.05, 3.63) is 71.3 Å². The Labute approximate surface area is 160 Å². The summed E-state index contributed by atoms with van der Waals surface area (Å²) in [7, 11) is 3.96. The second kappa shape index (κ2) is 9.73. The van der Waals surface area contributed by atoms with E-state index >= 15 is 0 Å². The van der Waals surface area contributed by atoms with E-state index in [-0.39, 0.29) is 18.1 Å². The fourth-order valence-corrected chi connectivity index (χ4v) is 2.80. The van der Waals surface area contributed by atoms with Gasteiger partial charge in [0, 0.05) is 18.2 Å². The van der Waals surface area contributed by atoms with Gasteiger partial charge in [-0.2, -0.15) is 0 Å². The van der Waals surface area contributed by atoms with Crippen LogP contribution in [0.1, 0.15) is 34.5 Å². The number of nitrogens with one attached hydrogen (secondary N) is 2. The van der Waals surface area contributed by atoms with Crippen LogP contribution in [-0.2, 0) is 6.42 Å². The number of carbonyl (C=O) groups is 2. The van der Waals surface area contributed by atoms with E-state index in [1.54, 1.807) is 12.1 Å². The zero-order chi connectivity index (χ0) is 19.8. The summed E-state index contributed by atoms with van der Waals surface area (Å²) >= 11 is 0. The summed E-state index contributed by atoms with van der Waals surface area (Å²) in [6, 6.07) is 17.0. The first kappa shape index (κ1) is 20.5. The molecule has 2 rings (SSSR count). The first-order valence-corrected chi connectivity index (χ1v) is 9.01. The van der Waals surface area contributed by atoms with Gasteiger partial charge < -0.3 is 21.3 Å². The van der Waals surface area contributed by atoms with Crippen molar-refractivity contribution in [3.63, 3.8) is 0 Å². The van der Waals surface area contributed by atoms with Crippen molar-refractivity contribution in [1.29, 1.82) is 0 Å². The molecular formula is C21H28N4O2. The number of nitrogens with zero attached hydrogens (tertiary/aromatic N) is 1.